The lowest BCUT2D eigenvalue weighted by atomic mass is 10.2. The Kier molecular flexibility index (Phi) is 7.88. The van der Waals surface area contributed by atoms with E-state index in [0.29, 0.717) is 12.1 Å². The number of nitrogens with zero attached hydrogens (tertiary/aromatic N) is 1. The molecule has 0 saturated heterocycles. The first kappa shape index (κ1) is 16.6. The minimum atomic E-state index is -0.202. The number of carbonyl (C=O) groups is 2. The molecule has 0 spiro atoms. The molecule has 0 aromatic rings. The lowest BCUT2D eigenvalue weighted by molar-refractivity contribution is -0.142. The first-order valence-corrected chi connectivity index (χ1v) is 7.86. The maximum atomic E-state index is 12.3. The summed E-state index contributed by atoms with van der Waals surface area (Å²) >= 11 is 3.36. The molecule has 0 aliphatic carbocycles. The van der Waals surface area contributed by atoms with Gasteiger partial charge in [0.25, 0.3) is 5.91 Å². The molecular weight excluding hydrogens is 318 g/mol. The fraction of sp³-hybridized carbons (Fsp3) is 0.375. The molecule has 0 atom stereocenters. The number of hydrogen-bond acceptors (Lipinski definition) is 2. The number of rotatable bonds is 4. The number of carbonyl (C=O) groups excluding carboxylic acids is 2. The van der Waals surface area contributed by atoms with Crippen molar-refractivity contribution in [1.82, 2.24) is 4.90 Å². The van der Waals surface area contributed by atoms with Crippen molar-refractivity contribution in [3.63, 3.8) is 0 Å². The van der Waals surface area contributed by atoms with Gasteiger partial charge in [-0.1, -0.05) is 58.5 Å². The van der Waals surface area contributed by atoms with E-state index in [0.717, 1.165) is 18.2 Å². The Balaban J connectivity index is 2.90. The van der Waals surface area contributed by atoms with E-state index in [1.54, 1.807) is 25.2 Å². The molecule has 4 heteroatoms. The van der Waals surface area contributed by atoms with E-state index in [4.69, 9.17) is 0 Å². The zero-order valence-corrected chi connectivity index (χ0v) is 13.3. The monoisotopic (exact) mass is 337 g/mol. The van der Waals surface area contributed by atoms with Gasteiger partial charge < -0.3 is 0 Å². The summed E-state index contributed by atoms with van der Waals surface area (Å²) in [5, 5.41) is 0.880. The first-order valence-electron chi connectivity index (χ1n) is 6.74. The van der Waals surface area contributed by atoms with E-state index in [1.165, 1.54) is 4.90 Å². The SMILES string of the molecule is C\C1=C/C=C\C=C\C=C/CC(=O)N(CCCCBr)C1=O. The third-order valence-corrected chi connectivity index (χ3v) is 3.43. The number of amides is 2. The van der Waals surface area contributed by atoms with Crippen LogP contribution >= 0.6 is 15.9 Å². The molecule has 0 saturated carbocycles. The van der Waals surface area contributed by atoms with Crippen molar-refractivity contribution in [3.05, 3.63) is 48.1 Å². The molecule has 0 fully saturated rings. The van der Waals surface area contributed by atoms with Gasteiger partial charge in [0.2, 0.25) is 5.91 Å². The lowest BCUT2D eigenvalue weighted by Crippen LogP contribution is -2.37. The molecule has 20 heavy (non-hydrogen) atoms. The number of halogens is 1. The average molecular weight is 338 g/mol. The van der Waals surface area contributed by atoms with Crippen molar-refractivity contribution in [2.24, 2.45) is 0 Å². The third-order valence-electron chi connectivity index (χ3n) is 2.87. The molecule has 1 heterocycles. The molecule has 2 amide bonds. The molecule has 1 aliphatic heterocycles. The van der Waals surface area contributed by atoms with Crippen LogP contribution in [0, 0.1) is 0 Å². The quantitative estimate of drug-likeness (QED) is 0.447. The van der Waals surface area contributed by atoms with Gasteiger partial charge >= 0.3 is 0 Å². The van der Waals surface area contributed by atoms with Crippen LogP contribution in [0.5, 0.6) is 0 Å². The highest BCUT2D eigenvalue weighted by atomic mass is 79.9. The second-order valence-corrected chi connectivity index (χ2v) is 5.29. The fourth-order valence-corrected chi connectivity index (χ4v) is 2.13. The zero-order chi connectivity index (χ0) is 14.8. The average Bonchev–Trinajstić information content (AvgIpc) is 2.44. The molecule has 3 nitrogen and oxygen atoms in total. The van der Waals surface area contributed by atoms with Crippen molar-refractivity contribution >= 4 is 27.7 Å². The van der Waals surface area contributed by atoms with Gasteiger partial charge in [0.15, 0.2) is 0 Å². The van der Waals surface area contributed by atoms with Crippen LogP contribution in [0.3, 0.4) is 0 Å². The summed E-state index contributed by atoms with van der Waals surface area (Å²) in [6.45, 7) is 2.21. The van der Waals surface area contributed by atoms with Crippen LogP contribution in [0.2, 0.25) is 0 Å². The largest absolute Gasteiger partial charge is 0.279 e. The number of hydrogen-bond donors (Lipinski definition) is 0. The number of imide groups is 1. The summed E-state index contributed by atoms with van der Waals surface area (Å²) in [4.78, 5) is 25.8. The Morgan fingerprint density at radius 1 is 1.10 bits per heavy atom. The van der Waals surface area contributed by atoms with E-state index >= 15 is 0 Å². The smallest absolute Gasteiger partial charge is 0.256 e. The van der Waals surface area contributed by atoms with E-state index in [2.05, 4.69) is 15.9 Å². The van der Waals surface area contributed by atoms with E-state index in [-0.39, 0.29) is 18.2 Å². The summed E-state index contributed by atoms with van der Waals surface area (Å²) in [5.41, 5.74) is 0.575. The summed E-state index contributed by atoms with van der Waals surface area (Å²) in [5.74, 6) is -0.348. The van der Waals surface area contributed by atoms with Gasteiger partial charge in [0.1, 0.15) is 0 Å². The number of allylic oxidation sites excluding steroid dienone is 6. The molecule has 0 bridgehead atoms. The Labute approximate surface area is 128 Å². The molecule has 1 rings (SSSR count). The zero-order valence-electron chi connectivity index (χ0n) is 11.7. The van der Waals surface area contributed by atoms with Crippen LogP contribution < -0.4 is 0 Å². The van der Waals surface area contributed by atoms with Crippen molar-refractivity contribution < 1.29 is 9.59 Å². The van der Waals surface area contributed by atoms with E-state index in [1.807, 2.05) is 24.3 Å². The van der Waals surface area contributed by atoms with Crippen LogP contribution in [-0.4, -0.2) is 28.6 Å². The minimum Gasteiger partial charge on any atom is -0.279 e. The number of unbranched alkanes of at least 4 members (excludes halogenated alkanes) is 1. The molecule has 1 aliphatic rings. The number of alkyl halides is 1. The van der Waals surface area contributed by atoms with Crippen molar-refractivity contribution in [2.75, 3.05) is 11.9 Å². The molecule has 108 valence electrons. The normalized spacial score (nSPS) is 24.3. The van der Waals surface area contributed by atoms with Crippen LogP contribution in [0.25, 0.3) is 0 Å². The van der Waals surface area contributed by atoms with Crippen molar-refractivity contribution in [1.29, 1.82) is 0 Å². The second kappa shape index (κ2) is 9.48. The van der Waals surface area contributed by atoms with Gasteiger partial charge in [-0.15, -0.1) is 0 Å². The van der Waals surface area contributed by atoms with Gasteiger partial charge in [-0.25, -0.2) is 0 Å². The van der Waals surface area contributed by atoms with Crippen molar-refractivity contribution in [2.45, 2.75) is 26.2 Å². The molecular formula is C16H20BrNO2. The fourth-order valence-electron chi connectivity index (χ4n) is 1.74. The first-order chi connectivity index (χ1) is 9.66. The van der Waals surface area contributed by atoms with Crippen LogP contribution in [0.1, 0.15) is 26.2 Å². The summed E-state index contributed by atoms with van der Waals surface area (Å²) < 4.78 is 0. The van der Waals surface area contributed by atoms with Gasteiger partial charge in [-0.2, -0.15) is 0 Å². The van der Waals surface area contributed by atoms with Gasteiger partial charge in [-0.3, -0.25) is 14.5 Å². The van der Waals surface area contributed by atoms with Gasteiger partial charge in [0.05, 0.1) is 0 Å². The highest BCUT2D eigenvalue weighted by Crippen LogP contribution is 2.08. The Morgan fingerprint density at radius 3 is 2.55 bits per heavy atom. The Bertz CT molecular complexity index is 461. The molecule has 0 aromatic heterocycles. The molecule has 0 N–H and O–H groups in total. The predicted molar refractivity (Wildman–Crippen MR) is 85.5 cm³/mol. The third kappa shape index (κ3) is 5.70. The van der Waals surface area contributed by atoms with Gasteiger partial charge in [-0.05, 0) is 19.8 Å². The summed E-state index contributed by atoms with van der Waals surface area (Å²) in [6.07, 6.45) is 14.7. The maximum Gasteiger partial charge on any atom is 0.256 e. The lowest BCUT2D eigenvalue weighted by Gasteiger charge is -2.20. The van der Waals surface area contributed by atoms with E-state index in [9.17, 15) is 9.59 Å². The van der Waals surface area contributed by atoms with Crippen LogP contribution in [-0.2, 0) is 9.59 Å². The summed E-state index contributed by atoms with van der Waals surface area (Å²) in [6, 6.07) is 0. The second-order valence-electron chi connectivity index (χ2n) is 4.50. The minimum absolute atomic E-state index is 0.147. The molecule has 0 aromatic carbocycles. The standard InChI is InChI=1S/C16H20BrNO2/c1-14-10-6-4-2-3-5-7-11-15(19)18(16(14)20)13-9-8-12-17/h2-7,10H,8-9,11-13H2,1H3/b3-2+,6-4-,7-5-,14-10+. The Hall–Kier alpha value is -1.42. The van der Waals surface area contributed by atoms with Gasteiger partial charge in [0, 0.05) is 23.9 Å². The van der Waals surface area contributed by atoms with E-state index < -0.39 is 0 Å². The van der Waals surface area contributed by atoms with Crippen LogP contribution in [0.15, 0.2) is 48.1 Å². The topological polar surface area (TPSA) is 37.4 Å². The molecule has 0 radical (unpaired) electrons. The highest BCUT2D eigenvalue weighted by molar-refractivity contribution is 9.09. The summed E-state index contributed by atoms with van der Waals surface area (Å²) in [7, 11) is 0. The predicted octanol–water partition coefficient (Wildman–Crippen LogP) is 3.54. The Morgan fingerprint density at radius 2 is 1.80 bits per heavy atom. The maximum absolute atomic E-state index is 12.3. The molecule has 0 unspecified atom stereocenters. The highest BCUT2D eigenvalue weighted by Gasteiger charge is 2.20. The van der Waals surface area contributed by atoms with Crippen molar-refractivity contribution in [3.8, 4) is 0 Å². The van der Waals surface area contributed by atoms with Crippen LogP contribution in [0.4, 0.5) is 0 Å².